The van der Waals surface area contributed by atoms with Crippen LogP contribution in [0.5, 0.6) is 0 Å². The van der Waals surface area contributed by atoms with Crippen LogP contribution in [0.3, 0.4) is 0 Å². The Morgan fingerprint density at radius 2 is 1.63 bits per heavy atom. The highest BCUT2D eigenvalue weighted by Gasteiger charge is 2.33. The summed E-state index contributed by atoms with van der Waals surface area (Å²) in [7, 11) is 0. The van der Waals surface area contributed by atoms with Gasteiger partial charge in [-0.3, -0.25) is 0 Å². The number of alkyl halides is 3. The molecule has 0 fully saturated rings. The van der Waals surface area contributed by atoms with E-state index in [0.717, 1.165) is 11.6 Å². The fourth-order valence-electron chi connectivity index (χ4n) is 1.70. The van der Waals surface area contributed by atoms with Crippen LogP contribution in [0.15, 0.2) is 24.5 Å². The molecule has 0 aliphatic heterocycles. The average Bonchev–Trinajstić information content (AvgIpc) is 2.32. The molecule has 1 aromatic heterocycles. The van der Waals surface area contributed by atoms with E-state index in [1.165, 1.54) is 13.0 Å². The quantitative estimate of drug-likeness (QED) is 0.806. The lowest BCUT2D eigenvalue weighted by atomic mass is 10.0. The van der Waals surface area contributed by atoms with Gasteiger partial charge in [0.05, 0.1) is 5.56 Å². The molecule has 0 atom stereocenters. The Hall–Kier alpha value is -2.11. The maximum Gasteiger partial charge on any atom is 0.416 e. The monoisotopic (exact) mass is 267 g/mol. The molecule has 0 amide bonds. The molecule has 0 radical (unpaired) electrons. The summed E-state index contributed by atoms with van der Waals surface area (Å²) in [5, 5.41) is 0. The molecule has 1 aromatic carbocycles. The minimum Gasteiger partial charge on any atom is -0.398 e. The lowest BCUT2D eigenvalue weighted by molar-refractivity contribution is -0.137. The van der Waals surface area contributed by atoms with Gasteiger partial charge in [-0.2, -0.15) is 13.2 Å². The number of benzene rings is 1. The van der Waals surface area contributed by atoms with Crippen LogP contribution in [0, 0.1) is 13.8 Å². The summed E-state index contributed by atoms with van der Waals surface area (Å²) in [6.45, 7) is 3.15. The van der Waals surface area contributed by atoms with Crippen molar-refractivity contribution in [3.05, 3.63) is 41.2 Å². The average molecular weight is 267 g/mol. The van der Waals surface area contributed by atoms with Gasteiger partial charge in [0.2, 0.25) is 0 Å². The van der Waals surface area contributed by atoms with Gasteiger partial charge in [-0.1, -0.05) is 0 Å². The molecule has 2 N–H and O–H groups in total. The topological polar surface area (TPSA) is 51.8 Å². The van der Waals surface area contributed by atoms with Gasteiger partial charge < -0.3 is 5.73 Å². The van der Waals surface area contributed by atoms with Crippen molar-refractivity contribution in [3.8, 4) is 11.4 Å². The molecule has 0 saturated carbocycles. The largest absolute Gasteiger partial charge is 0.416 e. The second-order valence-corrected chi connectivity index (χ2v) is 4.32. The van der Waals surface area contributed by atoms with Gasteiger partial charge in [-0.05, 0) is 37.1 Å². The molecule has 0 spiro atoms. The van der Waals surface area contributed by atoms with Crippen molar-refractivity contribution in [1.82, 2.24) is 9.97 Å². The number of hydrogen-bond donors (Lipinski definition) is 1. The summed E-state index contributed by atoms with van der Waals surface area (Å²) in [6.07, 6.45) is -1.35. The molecule has 0 aliphatic rings. The molecule has 6 heteroatoms. The van der Waals surface area contributed by atoms with Crippen LogP contribution in [0.2, 0.25) is 0 Å². The Bertz CT molecular complexity index is 604. The van der Waals surface area contributed by atoms with Gasteiger partial charge >= 0.3 is 6.18 Å². The first kappa shape index (κ1) is 13.3. The van der Waals surface area contributed by atoms with E-state index in [1.54, 1.807) is 19.3 Å². The molecular weight excluding hydrogens is 255 g/mol. The second kappa shape index (κ2) is 4.53. The number of nitrogen functional groups attached to an aromatic ring is 1. The normalized spacial score (nSPS) is 11.6. The second-order valence-electron chi connectivity index (χ2n) is 4.32. The van der Waals surface area contributed by atoms with E-state index in [0.29, 0.717) is 0 Å². The molecule has 0 aliphatic carbocycles. The highest BCUT2D eigenvalue weighted by atomic mass is 19.4. The number of aromatic nitrogens is 2. The summed E-state index contributed by atoms with van der Waals surface area (Å²) in [4.78, 5) is 8.02. The number of nitrogens with two attached hydrogens (primary N) is 1. The number of aryl methyl sites for hydroxylation is 1. The lowest BCUT2D eigenvalue weighted by Gasteiger charge is -2.14. The maximum absolute atomic E-state index is 12.9. The van der Waals surface area contributed by atoms with E-state index in [9.17, 15) is 13.2 Å². The number of rotatable bonds is 1. The van der Waals surface area contributed by atoms with Crippen molar-refractivity contribution in [1.29, 1.82) is 0 Å². The minimum absolute atomic E-state index is 0.0170. The number of anilines is 1. The Labute approximate surface area is 108 Å². The molecule has 2 rings (SSSR count). The Morgan fingerprint density at radius 1 is 1.05 bits per heavy atom. The van der Waals surface area contributed by atoms with E-state index >= 15 is 0 Å². The summed E-state index contributed by atoms with van der Waals surface area (Å²) in [5.74, 6) is 0.225. The molecule has 19 heavy (non-hydrogen) atoms. The summed E-state index contributed by atoms with van der Waals surface area (Å²) < 4.78 is 38.7. The Kier molecular flexibility index (Phi) is 3.18. The number of nitrogens with zero attached hydrogens (tertiary/aromatic N) is 2. The third-order valence-corrected chi connectivity index (χ3v) is 2.79. The van der Waals surface area contributed by atoms with Crippen molar-refractivity contribution in [2.24, 2.45) is 0 Å². The van der Waals surface area contributed by atoms with Crippen molar-refractivity contribution in [3.63, 3.8) is 0 Å². The van der Waals surface area contributed by atoms with Crippen LogP contribution in [0.4, 0.5) is 18.9 Å². The van der Waals surface area contributed by atoms with Gasteiger partial charge in [0.15, 0.2) is 5.82 Å². The molecule has 100 valence electrons. The molecule has 3 nitrogen and oxygen atoms in total. The first-order valence-electron chi connectivity index (χ1n) is 5.55. The number of hydrogen-bond acceptors (Lipinski definition) is 3. The number of halogens is 3. The van der Waals surface area contributed by atoms with Crippen LogP contribution in [-0.4, -0.2) is 9.97 Å². The molecule has 0 bridgehead atoms. The standard InChI is InChI=1S/C13H12F3N3/c1-7-5-18-12(19-6-7)9-3-10(13(14,15)16)8(2)11(17)4-9/h3-6H,17H2,1-2H3. The third-order valence-electron chi connectivity index (χ3n) is 2.79. The molecule has 2 aromatic rings. The highest BCUT2D eigenvalue weighted by molar-refractivity contribution is 5.66. The van der Waals surface area contributed by atoms with Crippen molar-refractivity contribution in [2.45, 2.75) is 20.0 Å². The van der Waals surface area contributed by atoms with Crippen LogP contribution in [-0.2, 0) is 6.18 Å². The molecule has 1 heterocycles. The molecule has 0 unspecified atom stereocenters. The predicted octanol–water partition coefficient (Wildman–Crippen LogP) is 3.36. The van der Waals surface area contributed by atoms with Gasteiger partial charge in [-0.15, -0.1) is 0 Å². The maximum atomic E-state index is 12.9. The smallest absolute Gasteiger partial charge is 0.398 e. The minimum atomic E-state index is -4.45. The fourth-order valence-corrected chi connectivity index (χ4v) is 1.70. The van der Waals surface area contributed by atoms with E-state index in [2.05, 4.69) is 9.97 Å². The summed E-state index contributed by atoms with van der Waals surface area (Å²) in [6, 6.07) is 2.48. The SMILES string of the molecule is Cc1cnc(-c2cc(N)c(C)c(C(F)(F)F)c2)nc1. The first-order valence-corrected chi connectivity index (χ1v) is 5.55. The Balaban J connectivity index is 2.60. The fraction of sp³-hybridized carbons (Fsp3) is 0.231. The molecular formula is C13H12F3N3. The Morgan fingerprint density at radius 3 is 2.16 bits per heavy atom. The highest BCUT2D eigenvalue weighted by Crippen LogP contribution is 2.36. The van der Waals surface area contributed by atoms with Crippen molar-refractivity contribution < 1.29 is 13.2 Å². The van der Waals surface area contributed by atoms with Gasteiger partial charge in [0, 0.05) is 23.6 Å². The van der Waals surface area contributed by atoms with Crippen molar-refractivity contribution in [2.75, 3.05) is 5.73 Å². The third kappa shape index (κ3) is 2.67. The summed E-state index contributed by atoms with van der Waals surface area (Å²) >= 11 is 0. The van der Waals surface area contributed by atoms with Crippen LogP contribution in [0.25, 0.3) is 11.4 Å². The zero-order valence-corrected chi connectivity index (χ0v) is 10.4. The van der Waals surface area contributed by atoms with E-state index in [4.69, 9.17) is 5.73 Å². The zero-order valence-electron chi connectivity index (χ0n) is 10.4. The van der Waals surface area contributed by atoms with Gasteiger partial charge in [0.1, 0.15) is 0 Å². The van der Waals surface area contributed by atoms with Gasteiger partial charge in [0.25, 0.3) is 0 Å². The van der Waals surface area contributed by atoms with Crippen LogP contribution >= 0.6 is 0 Å². The summed E-state index contributed by atoms with van der Waals surface area (Å²) in [5.41, 5.74) is 6.06. The van der Waals surface area contributed by atoms with Gasteiger partial charge in [-0.25, -0.2) is 9.97 Å². The van der Waals surface area contributed by atoms with E-state index in [1.807, 2.05) is 0 Å². The zero-order chi connectivity index (χ0) is 14.2. The van der Waals surface area contributed by atoms with E-state index in [-0.39, 0.29) is 22.6 Å². The van der Waals surface area contributed by atoms with Crippen LogP contribution in [0.1, 0.15) is 16.7 Å². The first-order chi connectivity index (χ1) is 8.79. The van der Waals surface area contributed by atoms with Crippen LogP contribution < -0.4 is 5.73 Å². The lowest BCUT2D eigenvalue weighted by Crippen LogP contribution is -2.10. The predicted molar refractivity (Wildman–Crippen MR) is 66.4 cm³/mol. The van der Waals surface area contributed by atoms with Crippen molar-refractivity contribution >= 4 is 5.69 Å². The van der Waals surface area contributed by atoms with E-state index < -0.39 is 11.7 Å². The molecule has 0 saturated heterocycles.